The Labute approximate surface area is 125 Å². The van der Waals surface area contributed by atoms with Crippen molar-refractivity contribution in [2.75, 3.05) is 36.5 Å². The Hall–Kier alpha value is -2.07. The van der Waals surface area contributed by atoms with Gasteiger partial charge >= 0.3 is 0 Å². The summed E-state index contributed by atoms with van der Waals surface area (Å²) in [5.74, 6) is 0. The number of nitrogens with zero attached hydrogens (tertiary/aromatic N) is 2. The summed E-state index contributed by atoms with van der Waals surface area (Å²) in [6, 6.07) is 12.8. The zero-order chi connectivity index (χ0) is 14.5. The number of morpholine rings is 1. The zero-order valence-electron chi connectivity index (χ0n) is 12.4. The molecule has 4 heteroatoms. The molecule has 2 aromatic rings. The van der Waals surface area contributed by atoms with Crippen LogP contribution in [0.2, 0.25) is 0 Å². The van der Waals surface area contributed by atoms with E-state index in [1.165, 1.54) is 11.3 Å². The highest BCUT2D eigenvalue weighted by molar-refractivity contribution is 5.50. The number of aromatic nitrogens is 1. The summed E-state index contributed by atoms with van der Waals surface area (Å²) < 4.78 is 5.39. The average molecular weight is 283 g/mol. The summed E-state index contributed by atoms with van der Waals surface area (Å²) in [5, 5.41) is 3.43. The number of rotatable bonds is 4. The smallest absolute Gasteiger partial charge is 0.0642 e. The van der Waals surface area contributed by atoms with Gasteiger partial charge in [0.2, 0.25) is 0 Å². The van der Waals surface area contributed by atoms with E-state index in [9.17, 15) is 0 Å². The number of hydrogen-bond donors (Lipinski definition) is 1. The van der Waals surface area contributed by atoms with Gasteiger partial charge in [0.25, 0.3) is 0 Å². The Morgan fingerprint density at radius 2 is 1.90 bits per heavy atom. The first-order valence-corrected chi connectivity index (χ1v) is 7.40. The maximum Gasteiger partial charge on any atom is 0.0642 e. The van der Waals surface area contributed by atoms with E-state index in [4.69, 9.17) is 4.74 Å². The van der Waals surface area contributed by atoms with E-state index >= 15 is 0 Å². The molecule has 1 saturated heterocycles. The monoisotopic (exact) mass is 283 g/mol. The molecule has 0 amide bonds. The molecule has 0 aliphatic carbocycles. The molecule has 0 atom stereocenters. The molecule has 0 spiro atoms. The topological polar surface area (TPSA) is 37.4 Å². The predicted molar refractivity (Wildman–Crippen MR) is 85.8 cm³/mol. The van der Waals surface area contributed by atoms with Gasteiger partial charge < -0.3 is 15.0 Å². The summed E-state index contributed by atoms with van der Waals surface area (Å²) in [7, 11) is 0. The molecule has 0 bridgehead atoms. The van der Waals surface area contributed by atoms with Gasteiger partial charge in [0.1, 0.15) is 0 Å². The van der Waals surface area contributed by atoms with Gasteiger partial charge in [0.05, 0.1) is 24.6 Å². The SMILES string of the molecule is Cc1ncccc1NCc1ccc(N2CCOCC2)cc1. The van der Waals surface area contributed by atoms with E-state index in [0.717, 1.165) is 44.2 Å². The normalized spacial score (nSPS) is 15.0. The second-order valence-electron chi connectivity index (χ2n) is 5.26. The van der Waals surface area contributed by atoms with Crippen molar-refractivity contribution in [2.45, 2.75) is 13.5 Å². The molecule has 1 aliphatic rings. The van der Waals surface area contributed by atoms with Crippen molar-refractivity contribution in [2.24, 2.45) is 0 Å². The Morgan fingerprint density at radius 3 is 2.62 bits per heavy atom. The fraction of sp³-hybridized carbons (Fsp3) is 0.353. The lowest BCUT2D eigenvalue weighted by Crippen LogP contribution is -2.36. The Kier molecular flexibility index (Phi) is 4.36. The van der Waals surface area contributed by atoms with Crippen LogP contribution in [0.5, 0.6) is 0 Å². The van der Waals surface area contributed by atoms with Gasteiger partial charge in [-0.1, -0.05) is 12.1 Å². The van der Waals surface area contributed by atoms with Crippen LogP contribution in [0.3, 0.4) is 0 Å². The molecule has 1 aliphatic heterocycles. The molecule has 3 rings (SSSR count). The number of anilines is 2. The van der Waals surface area contributed by atoms with Crippen molar-refractivity contribution in [3.8, 4) is 0 Å². The number of nitrogens with one attached hydrogen (secondary N) is 1. The van der Waals surface area contributed by atoms with Gasteiger partial charge in [0.15, 0.2) is 0 Å². The molecule has 1 aromatic carbocycles. The molecule has 110 valence electrons. The van der Waals surface area contributed by atoms with Crippen molar-refractivity contribution in [1.82, 2.24) is 4.98 Å². The molecule has 4 nitrogen and oxygen atoms in total. The predicted octanol–water partition coefficient (Wildman–Crippen LogP) is 2.84. The average Bonchev–Trinajstić information content (AvgIpc) is 2.55. The van der Waals surface area contributed by atoms with Crippen molar-refractivity contribution < 1.29 is 4.74 Å². The minimum atomic E-state index is 0.815. The van der Waals surface area contributed by atoms with Gasteiger partial charge in [-0.15, -0.1) is 0 Å². The number of aryl methyl sites for hydroxylation is 1. The molecule has 1 N–H and O–H groups in total. The van der Waals surface area contributed by atoms with Crippen molar-refractivity contribution in [3.63, 3.8) is 0 Å². The largest absolute Gasteiger partial charge is 0.380 e. The third-order valence-electron chi connectivity index (χ3n) is 3.80. The first kappa shape index (κ1) is 13.9. The van der Waals surface area contributed by atoms with E-state index in [1.54, 1.807) is 0 Å². The van der Waals surface area contributed by atoms with Crippen LogP contribution >= 0.6 is 0 Å². The zero-order valence-corrected chi connectivity index (χ0v) is 12.4. The molecule has 0 radical (unpaired) electrons. The van der Waals surface area contributed by atoms with Crippen molar-refractivity contribution in [3.05, 3.63) is 53.9 Å². The van der Waals surface area contributed by atoms with E-state index < -0.39 is 0 Å². The van der Waals surface area contributed by atoms with E-state index in [1.807, 2.05) is 19.2 Å². The summed E-state index contributed by atoms with van der Waals surface area (Å²) in [6.45, 7) is 6.44. The summed E-state index contributed by atoms with van der Waals surface area (Å²) in [5.41, 5.74) is 4.67. The molecular formula is C17H21N3O. The summed E-state index contributed by atoms with van der Waals surface area (Å²) in [4.78, 5) is 6.65. The van der Waals surface area contributed by atoms with Gasteiger partial charge in [0, 0.05) is 31.5 Å². The molecule has 21 heavy (non-hydrogen) atoms. The minimum absolute atomic E-state index is 0.815. The highest BCUT2D eigenvalue weighted by Crippen LogP contribution is 2.18. The van der Waals surface area contributed by atoms with Crippen molar-refractivity contribution in [1.29, 1.82) is 0 Å². The van der Waals surface area contributed by atoms with Crippen LogP contribution in [0.25, 0.3) is 0 Å². The molecule has 1 aromatic heterocycles. The van der Waals surface area contributed by atoms with Crippen LogP contribution < -0.4 is 10.2 Å². The van der Waals surface area contributed by atoms with Gasteiger partial charge in [-0.25, -0.2) is 0 Å². The Balaban J connectivity index is 1.60. The third-order valence-corrected chi connectivity index (χ3v) is 3.80. The lowest BCUT2D eigenvalue weighted by Gasteiger charge is -2.28. The van der Waals surface area contributed by atoms with E-state index in [-0.39, 0.29) is 0 Å². The molecule has 2 heterocycles. The second kappa shape index (κ2) is 6.59. The Bertz CT molecular complexity index is 577. The van der Waals surface area contributed by atoms with Crippen LogP contribution in [0.4, 0.5) is 11.4 Å². The summed E-state index contributed by atoms with van der Waals surface area (Å²) in [6.07, 6.45) is 1.82. The first-order chi connectivity index (χ1) is 10.3. The van der Waals surface area contributed by atoms with Crippen LogP contribution in [-0.2, 0) is 11.3 Å². The first-order valence-electron chi connectivity index (χ1n) is 7.40. The minimum Gasteiger partial charge on any atom is -0.380 e. The Morgan fingerprint density at radius 1 is 1.14 bits per heavy atom. The standard InChI is InChI=1S/C17H21N3O/c1-14-17(3-2-8-18-14)19-13-15-4-6-16(7-5-15)20-9-11-21-12-10-20/h2-8,19H,9-13H2,1H3. The molecular weight excluding hydrogens is 262 g/mol. The maximum absolute atomic E-state index is 5.39. The van der Waals surface area contributed by atoms with Crippen LogP contribution in [0.1, 0.15) is 11.3 Å². The van der Waals surface area contributed by atoms with E-state index in [0.29, 0.717) is 0 Å². The fourth-order valence-corrected chi connectivity index (χ4v) is 2.51. The second-order valence-corrected chi connectivity index (χ2v) is 5.26. The number of benzene rings is 1. The quantitative estimate of drug-likeness (QED) is 0.936. The number of pyridine rings is 1. The maximum atomic E-state index is 5.39. The van der Waals surface area contributed by atoms with Gasteiger partial charge in [-0.2, -0.15) is 0 Å². The lowest BCUT2D eigenvalue weighted by molar-refractivity contribution is 0.122. The van der Waals surface area contributed by atoms with Crippen LogP contribution in [-0.4, -0.2) is 31.3 Å². The van der Waals surface area contributed by atoms with Crippen molar-refractivity contribution >= 4 is 11.4 Å². The van der Waals surface area contributed by atoms with Crippen LogP contribution in [0.15, 0.2) is 42.6 Å². The summed E-state index contributed by atoms with van der Waals surface area (Å²) >= 11 is 0. The lowest BCUT2D eigenvalue weighted by atomic mass is 10.2. The number of hydrogen-bond acceptors (Lipinski definition) is 4. The molecule has 1 fully saturated rings. The molecule has 0 unspecified atom stereocenters. The van der Waals surface area contributed by atoms with Gasteiger partial charge in [-0.05, 0) is 36.8 Å². The highest BCUT2D eigenvalue weighted by Gasteiger charge is 2.10. The highest BCUT2D eigenvalue weighted by atomic mass is 16.5. The fourth-order valence-electron chi connectivity index (χ4n) is 2.51. The van der Waals surface area contributed by atoms with Crippen LogP contribution in [0, 0.1) is 6.92 Å². The third kappa shape index (κ3) is 3.52. The molecule has 0 saturated carbocycles. The number of ether oxygens (including phenoxy) is 1. The van der Waals surface area contributed by atoms with Gasteiger partial charge in [-0.3, -0.25) is 4.98 Å². The van der Waals surface area contributed by atoms with E-state index in [2.05, 4.69) is 45.5 Å².